The second-order valence-corrected chi connectivity index (χ2v) is 10.1. The number of nitrogens with two attached hydrogens (primary N) is 3. The molecule has 3 aromatic rings. The first-order valence-corrected chi connectivity index (χ1v) is 13.2. The Morgan fingerprint density at radius 1 is 1.13 bits per heavy atom. The minimum absolute atomic E-state index is 0.0736. The van der Waals surface area contributed by atoms with E-state index in [1.807, 2.05) is 10.9 Å². The number of likely N-dealkylation sites (tertiary alicyclic amines) is 1. The minimum atomic E-state index is -1.19. The van der Waals surface area contributed by atoms with Crippen molar-refractivity contribution in [1.82, 2.24) is 19.7 Å². The molecule has 0 atom stereocenters. The van der Waals surface area contributed by atoms with E-state index in [0.29, 0.717) is 11.5 Å². The van der Waals surface area contributed by atoms with Gasteiger partial charge in [-0.2, -0.15) is 14.6 Å². The Balaban J connectivity index is 1.49. The molecule has 10 nitrogen and oxygen atoms in total. The van der Waals surface area contributed by atoms with Crippen LogP contribution in [0.1, 0.15) is 45.1 Å². The maximum Gasteiger partial charge on any atom is 0.202 e. The molecule has 12 heteroatoms. The molecule has 4 rings (SSSR count). The number of halogens is 2. The van der Waals surface area contributed by atoms with Crippen LogP contribution in [0.5, 0.6) is 5.75 Å². The van der Waals surface area contributed by atoms with E-state index in [0.717, 1.165) is 49.6 Å². The number of hydrazine groups is 1. The third-order valence-electron chi connectivity index (χ3n) is 6.77. The summed E-state index contributed by atoms with van der Waals surface area (Å²) in [5, 5.41) is 8.98. The number of pyridine rings is 1. The Bertz CT molecular complexity index is 1290. The molecule has 1 saturated heterocycles. The van der Waals surface area contributed by atoms with E-state index in [-0.39, 0.29) is 35.3 Å². The summed E-state index contributed by atoms with van der Waals surface area (Å²) in [7, 11) is 0. The predicted octanol–water partition coefficient (Wildman–Crippen LogP) is 3.72. The highest BCUT2D eigenvalue weighted by Crippen LogP contribution is 2.30. The molecule has 6 N–H and O–H groups in total. The van der Waals surface area contributed by atoms with Crippen LogP contribution in [-0.2, 0) is 6.54 Å². The maximum absolute atomic E-state index is 15.1. The maximum atomic E-state index is 15.1. The standard InChI is InChI=1S/C27H37F2N9O/c1-18(2)8-12-37-17-20(16-34-37)19-14-21(26(30)33-15-19)27(35-31)38(32)22-6-7-23(25(29)24(22)28)39-13-5-11-36-9-3-4-10-36/h6-7,14-18H,3-5,8-13,31-32H2,1-2H3,(H2,30,33)/b35-27-. The van der Waals surface area contributed by atoms with Crippen LogP contribution in [0.15, 0.2) is 41.9 Å². The van der Waals surface area contributed by atoms with Crippen LogP contribution in [0.4, 0.5) is 20.3 Å². The molecule has 1 aromatic carbocycles. The zero-order valence-corrected chi connectivity index (χ0v) is 22.5. The van der Waals surface area contributed by atoms with Crippen LogP contribution in [0, 0.1) is 17.6 Å². The fourth-order valence-electron chi connectivity index (χ4n) is 4.51. The number of benzene rings is 1. The molecule has 0 bridgehead atoms. The van der Waals surface area contributed by atoms with Crippen molar-refractivity contribution < 1.29 is 13.5 Å². The molecule has 2 aromatic heterocycles. The number of hydrogen-bond donors (Lipinski definition) is 3. The van der Waals surface area contributed by atoms with Gasteiger partial charge in [-0.1, -0.05) is 13.8 Å². The third kappa shape index (κ3) is 6.82. The summed E-state index contributed by atoms with van der Waals surface area (Å²) in [6.07, 6.45) is 9.31. The van der Waals surface area contributed by atoms with Crippen molar-refractivity contribution in [3.63, 3.8) is 0 Å². The summed E-state index contributed by atoms with van der Waals surface area (Å²) in [4.78, 5) is 6.57. The van der Waals surface area contributed by atoms with Crippen molar-refractivity contribution in [3.05, 3.63) is 54.0 Å². The lowest BCUT2D eigenvalue weighted by Gasteiger charge is -2.22. The van der Waals surface area contributed by atoms with Gasteiger partial charge in [-0.3, -0.25) is 9.69 Å². The lowest BCUT2D eigenvalue weighted by molar-refractivity contribution is 0.253. The molecule has 0 radical (unpaired) electrons. The number of hydrogen-bond acceptors (Lipinski definition) is 8. The molecular weight excluding hydrogens is 504 g/mol. The molecule has 1 aliphatic rings. The third-order valence-corrected chi connectivity index (χ3v) is 6.77. The van der Waals surface area contributed by atoms with Crippen LogP contribution < -0.4 is 27.2 Å². The van der Waals surface area contributed by atoms with Crippen LogP contribution in [0.2, 0.25) is 0 Å². The highest BCUT2D eigenvalue weighted by molar-refractivity contribution is 6.12. The van der Waals surface area contributed by atoms with Crippen LogP contribution in [-0.4, -0.2) is 51.7 Å². The normalized spacial score (nSPS) is 14.4. The number of nitrogens with zero attached hydrogens (tertiary/aromatic N) is 6. The van der Waals surface area contributed by atoms with Gasteiger partial charge in [-0.15, -0.1) is 0 Å². The monoisotopic (exact) mass is 541 g/mol. The highest BCUT2D eigenvalue weighted by atomic mass is 19.2. The van der Waals surface area contributed by atoms with Gasteiger partial charge >= 0.3 is 0 Å². The second-order valence-electron chi connectivity index (χ2n) is 10.1. The summed E-state index contributed by atoms with van der Waals surface area (Å²) in [6, 6.07) is 4.33. The molecule has 1 aliphatic heterocycles. The number of amidine groups is 1. The number of rotatable bonds is 11. The average Bonchev–Trinajstić information content (AvgIpc) is 3.61. The van der Waals surface area contributed by atoms with Gasteiger partial charge < -0.3 is 21.2 Å². The van der Waals surface area contributed by atoms with E-state index in [9.17, 15) is 4.39 Å². The van der Waals surface area contributed by atoms with E-state index in [1.54, 1.807) is 18.5 Å². The molecular formula is C27H37F2N9O. The SMILES string of the molecule is CC(C)CCn1cc(-c2cnc(N)c(/C(=N/N)N(N)c3ccc(OCCCN4CCCC4)c(F)c3F)c2)cn1. The van der Waals surface area contributed by atoms with Crippen molar-refractivity contribution in [2.24, 2.45) is 22.7 Å². The Labute approximate surface area is 227 Å². The predicted molar refractivity (Wildman–Crippen MR) is 149 cm³/mol. The van der Waals surface area contributed by atoms with E-state index >= 15 is 4.39 Å². The molecule has 0 aliphatic carbocycles. The first kappa shape index (κ1) is 28.2. The lowest BCUT2D eigenvalue weighted by atomic mass is 10.1. The molecule has 1 fully saturated rings. The number of aryl methyl sites for hydroxylation is 1. The van der Waals surface area contributed by atoms with E-state index in [1.165, 1.54) is 25.0 Å². The van der Waals surface area contributed by atoms with Gasteiger partial charge in [-0.25, -0.2) is 15.2 Å². The molecule has 0 unspecified atom stereocenters. The Hall–Kier alpha value is -3.77. The van der Waals surface area contributed by atoms with E-state index in [2.05, 4.69) is 33.9 Å². The van der Waals surface area contributed by atoms with Crippen molar-refractivity contribution in [2.45, 2.75) is 46.1 Å². The fraction of sp³-hybridized carbons (Fsp3) is 0.444. The van der Waals surface area contributed by atoms with Crippen LogP contribution in [0.3, 0.4) is 0 Å². The van der Waals surface area contributed by atoms with E-state index < -0.39 is 11.6 Å². The molecule has 39 heavy (non-hydrogen) atoms. The quantitative estimate of drug-likeness (QED) is 0.110. The molecule has 0 saturated carbocycles. The number of hydrazone groups is 1. The lowest BCUT2D eigenvalue weighted by Crippen LogP contribution is -2.40. The fourth-order valence-corrected chi connectivity index (χ4v) is 4.51. The van der Waals surface area contributed by atoms with Gasteiger partial charge in [-0.05, 0) is 62.9 Å². The Morgan fingerprint density at radius 2 is 1.90 bits per heavy atom. The number of aromatic nitrogens is 3. The first-order chi connectivity index (χ1) is 18.8. The number of ether oxygens (including phenoxy) is 1. The smallest absolute Gasteiger partial charge is 0.202 e. The Kier molecular flexibility index (Phi) is 9.31. The van der Waals surface area contributed by atoms with Gasteiger partial charge in [0.05, 0.1) is 24.1 Å². The number of anilines is 2. The minimum Gasteiger partial charge on any atom is -0.490 e. The van der Waals surface area contributed by atoms with Crippen molar-refractivity contribution in [3.8, 4) is 16.9 Å². The largest absolute Gasteiger partial charge is 0.490 e. The van der Waals surface area contributed by atoms with Crippen molar-refractivity contribution >= 4 is 17.3 Å². The van der Waals surface area contributed by atoms with Crippen LogP contribution in [0.25, 0.3) is 11.1 Å². The van der Waals surface area contributed by atoms with Crippen molar-refractivity contribution in [1.29, 1.82) is 0 Å². The highest BCUT2D eigenvalue weighted by Gasteiger charge is 2.24. The van der Waals surface area contributed by atoms with Crippen molar-refractivity contribution in [2.75, 3.05) is 37.0 Å². The van der Waals surface area contributed by atoms with Gasteiger partial charge in [0.25, 0.3) is 0 Å². The zero-order chi connectivity index (χ0) is 27.9. The van der Waals surface area contributed by atoms with Gasteiger partial charge in [0, 0.05) is 36.6 Å². The first-order valence-electron chi connectivity index (χ1n) is 13.2. The zero-order valence-electron chi connectivity index (χ0n) is 22.5. The summed E-state index contributed by atoms with van der Waals surface area (Å²) in [6.45, 7) is 8.36. The topological polar surface area (TPSA) is 137 Å². The number of nitrogen functional groups attached to an aromatic ring is 1. The van der Waals surface area contributed by atoms with Gasteiger partial charge in [0.2, 0.25) is 5.82 Å². The van der Waals surface area contributed by atoms with E-state index in [4.69, 9.17) is 22.2 Å². The van der Waals surface area contributed by atoms with Gasteiger partial charge in [0.15, 0.2) is 17.4 Å². The summed E-state index contributed by atoms with van der Waals surface area (Å²) < 4.78 is 37.4. The second kappa shape index (κ2) is 12.9. The molecule has 210 valence electrons. The summed E-state index contributed by atoms with van der Waals surface area (Å²) >= 11 is 0. The average molecular weight is 542 g/mol. The van der Waals surface area contributed by atoms with Crippen LogP contribution >= 0.6 is 0 Å². The Morgan fingerprint density at radius 3 is 2.62 bits per heavy atom. The van der Waals surface area contributed by atoms with Gasteiger partial charge in [0.1, 0.15) is 5.82 Å². The summed E-state index contributed by atoms with van der Waals surface area (Å²) in [5.41, 5.74) is 7.57. The molecule has 3 heterocycles. The molecule has 0 amide bonds. The summed E-state index contributed by atoms with van der Waals surface area (Å²) in [5.74, 6) is 9.85. The molecule has 0 spiro atoms.